The van der Waals surface area contributed by atoms with Gasteiger partial charge >= 0.3 is 5.97 Å². The van der Waals surface area contributed by atoms with E-state index in [4.69, 9.17) is 0 Å². The summed E-state index contributed by atoms with van der Waals surface area (Å²) >= 11 is 4.64. The second-order valence-corrected chi connectivity index (χ2v) is 4.56. The predicted octanol–water partition coefficient (Wildman–Crippen LogP) is 1.94. The van der Waals surface area contributed by atoms with Crippen LogP contribution in [0.1, 0.15) is 6.92 Å². The Kier molecular flexibility index (Phi) is 5.54. The normalized spacial score (nSPS) is 9.94. The van der Waals surface area contributed by atoms with Crippen LogP contribution in [-0.4, -0.2) is 35.3 Å². The molecule has 0 aliphatic rings. The van der Waals surface area contributed by atoms with Crippen LogP contribution in [0.4, 0.5) is 5.95 Å². The molecule has 0 aliphatic heterocycles. The molecule has 0 saturated carbocycles. The number of nitrogens with one attached hydrogen (secondary N) is 1. The third kappa shape index (κ3) is 3.97. The van der Waals surface area contributed by atoms with E-state index in [-0.39, 0.29) is 11.7 Å². The molecule has 0 amide bonds. The van der Waals surface area contributed by atoms with E-state index in [1.165, 1.54) is 18.9 Å². The molecule has 0 unspecified atom stereocenters. The number of thioether (sulfide) groups is 1. The molecule has 1 aromatic heterocycles. The van der Waals surface area contributed by atoms with Crippen molar-refractivity contribution in [2.75, 3.05) is 24.7 Å². The van der Waals surface area contributed by atoms with E-state index >= 15 is 0 Å². The summed E-state index contributed by atoms with van der Waals surface area (Å²) in [7, 11) is 1.36. The highest BCUT2D eigenvalue weighted by Gasteiger charge is 2.08. The Hall–Kier alpha value is -0.820. The average molecular weight is 306 g/mol. The topological polar surface area (TPSA) is 64.1 Å². The summed E-state index contributed by atoms with van der Waals surface area (Å²) in [4.78, 5) is 19.3. The SMILES string of the molecule is CCNc1ncc(Br)c(SCC(=O)OC)n1. The van der Waals surface area contributed by atoms with Crippen molar-refractivity contribution in [2.24, 2.45) is 0 Å². The van der Waals surface area contributed by atoms with Gasteiger partial charge in [-0.15, -0.1) is 0 Å². The van der Waals surface area contributed by atoms with Crippen LogP contribution in [0.2, 0.25) is 0 Å². The van der Waals surface area contributed by atoms with E-state index in [0.29, 0.717) is 5.95 Å². The first kappa shape index (κ1) is 13.2. The number of carbonyl (C=O) groups is 1. The molecule has 0 atom stereocenters. The molecule has 0 saturated heterocycles. The lowest BCUT2D eigenvalue weighted by atomic mass is 10.6. The molecule has 5 nitrogen and oxygen atoms in total. The summed E-state index contributed by atoms with van der Waals surface area (Å²) in [5.41, 5.74) is 0. The standard InChI is InChI=1S/C9H12BrN3O2S/c1-3-11-9-12-4-6(10)8(13-9)16-5-7(14)15-2/h4H,3,5H2,1-2H3,(H,11,12,13). The number of hydrogen-bond donors (Lipinski definition) is 1. The second-order valence-electron chi connectivity index (χ2n) is 2.74. The van der Waals surface area contributed by atoms with E-state index in [0.717, 1.165) is 16.0 Å². The van der Waals surface area contributed by atoms with Crippen LogP contribution in [0.5, 0.6) is 0 Å². The van der Waals surface area contributed by atoms with Gasteiger partial charge in [0.2, 0.25) is 5.95 Å². The van der Waals surface area contributed by atoms with Gasteiger partial charge < -0.3 is 10.1 Å². The molecule has 0 bridgehead atoms. The van der Waals surface area contributed by atoms with Gasteiger partial charge in [-0.25, -0.2) is 9.97 Å². The van der Waals surface area contributed by atoms with E-state index in [9.17, 15) is 4.79 Å². The zero-order chi connectivity index (χ0) is 12.0. The van der Waals surface area contributed by atoms with Gasteiger partial charge in [0.05, 0.1) is 17.3 Å². The zero-order valence-electron chi connectivity index (χ0n) is 8.99. The average Bonchev–Trinajstić information content (AvgIpc) is 2.29. The van der Waals surface area contributed by atoms with Gasteiger partial charge in [-0.3, -0.25) is 4.79 Å². The quantitative estimate of drug-likeness (QED) is 0.509. The van der Waals surface area contributed by atoms with Gasteiger partial charge in [-0.1, -0.05) is 11.8 Å². The maximum absolute atomic E-state index is 11.0. The second kappa shape index (κ2) is 6.70. The first-order valence-electron chi connectivity index (χ1n) is 4.63. The lowest BCUT2D eigenvalue weighted by Crippen LogP contribution is -2.05. The number of anilines is 1. The lowest BCUT2D eigenvalue weighted by Gasteiger charge is -2.05. The van der Waals surface area contributed by atoms with E-state index < -0.39 is 0 Å². The minimum Gasteiger partial charge on any atom is -0.468 e. The van der Waals surface area contributed by atoms with Crippen LogP contribution in [0, 0.1) is 0 Å². The Labute approximate surface area is 107 Å². The molecule has 0 fully saturated rings. The predicted molar refractivity (Wildman–Crippen MR) is 66.6 cm³/mol. The lowest BCUT2D eigenvalue weighted by molar-refractivity contribution is -0.137. The molecule has 0 aromatic carbocycles. The van der Waals surface area contributed by atoms with Gasteiger partial charge in [0.15, 0.2) is 0 Å². The molecule has 0 spiro atoms. The van der Waals surface area contributed by atoms with Gasteiger partial charge in [0, 0.05) is 12.7 Å². The van der Waals surface area contributed by atoms with Crippen LogP contribution < -0.4 is 5.32 Å². The van der Waals surface area contributed by atoms with Crippen molar-refractivity contribution in [3.05, 3.63) is 10.7 Å². The van der Waals surface area contributed by atoms with E-state index in [1.54, 1.807) is 6.20 Å². The summed E-state index contributed by atoms with van der Waals surface area (Å²) in [6, 6.07) is 0. The Bertz CT molecular complexity index is 376. The Morgan fingerprint density at radius 3 is 3.06 bits per heavy atom. The number of esters is 1. The van der Waals surface area contributed by atoms with Gasteiger partial charge in [-0.2, -0.15) is 0 Å². The maximum atomic E-state index is 11.0. The molecule has 1 rings (SSSR count). The summed E-state index contributed by atoms with van der Waals surface area (Å²) in [5, 5.41) is 3.72. The zero-order valence-corrected chi connectivity index (χ0v) is 11.4. The number of hydrogen-bond acceptors (Lipinski definition) is 6. The largest absolute Gasteiger partial charge is 0.468 e. The fourth-order valence-electron chi connectivity index (χ4n) is 0.882. The molecule has 1 aromatic rings. The third-order valence-electron chi connectivity index (χ3n) is 1.60. The smallest absolute Gasteiger partial charge is 0.316 e. The Balaban J connectivity index is 2.70. The highest BCUT2D eigenvalue weighted by atomic mass is 79.9. The minimum atomic E-state index is -0.277. The molecule has 0 radical (unpaired) electrons. The van der Waals surface area contributed by atoms with Crippen molar-refractivity contribution >= 4 is 39.6 Å². The molecule has 1 N–H and O–H groups in total. The van der Waals surface area contributed by atoms with Crippen LogP contribution >= 0.6 is 27.7 Å². The van der Waals surface area contributed by atoms with Crippen molar-refractivity contribution in [3.8, 4) is 0 Å². The first-order chi connectivity index (χ1) is 7.67. The molecule has 0 aliphatic carbocycles. The summed E-state index contributed by atoms with van der Waals surface area (Å²) in [6.07, 6.45) is 1.66. The van der Waals surface area contributed by atoms with Gasteiger partial charge in [0.25, 0.3) is 0 Å². The number of halogens is 1. The molecule has 88 valence electrons. The molecule has 7 heteroatoms. The van der Waals surface area contributed by atoms with Crippen molar-refractivity contribution in [1.82, 2.24) is 9.97 Å². The fourth-order valence-corrected chi connectivity index (χ4v) is 2.13. The first-order valence-corrected chi connectivity index (χ1v) is 6.41. The number of rotatable bonds is 5. The van der Waals surface area contributed by atoms with Crippen LogP contribution in [0.15, 0.2) is 15.7 Å². The van der Waals surface area contributed by atoms with Crippen molar-refractivity contribution in [1.29, 1.82) is 0 Å². The summed E-state index contributed by atoms with van der Waals surface area (Å²) in [6.45, 7) is 2.72. The number of carbonyl (C=O) groups excluding carboxylic acids is 1. The Morgan fingerprint density at radius 2 is 2.44 bits per heavy atom. The number of aromatic nitrogens is 2. The minimum absolute atomic E-state index is 0.234. The third-order valence-corrected chi connectivity index (χ3v) is 3.41. The molecular formula is C9H12BrN3O2S. The maximum Gasteiger partial charge on any atom is 0.316 e. The van der Waals surface area contributed by atoms with Crippen molar-refractivity contribution in [3.63, 3.8) is 0 Å². The highest BCUT2D eigenvalue weighted by Crippen LogP contribution is 2.25. The monoisotopic (exact) mass is 305 g/mol. The van der Waals surface area contributed by atoms with Crippen molar-refractivity contribution in [2.45, 2.75) is 11.9 Å². The van der Waals surface area contributed by atoms with Gasteiger partial charge in [0.1, 0.15) is 5.03 Å². The number of methoxy groups -OCH3 is 1. The number of nitrogens with zero attached hydrogens (tertiary/aromatic N) is 2. The van der Waals surface area contributed by atoms with Crippen LogP contribution in [0.3, 0.4) is 0 Å². The molecule has 16 heavy (non-hydrogen) atoms. The van der Waals surface area contributed by atoms with E-state index in [1.807, 2.05) is 6.92 Å². The fraction of sp³-hybridized carbons (Fsp3) is 0.444. The van der Waals surface area contributed by atoms with Crippen LogP contribution in [-0.2, 0) is 9.53 Å². The highest BCUT2D eigenvalue weighted by molar-refractivity contribution is 9.10. The molecule has 1 heterocycles. The van der Waals surface area contributed by atoms with Gasteiger partial charge in [-0.05, 0) is 22.9 Å². The summed E-state index contributed by atoms with van der Waals surface area (Å²) < 4.78 is 5.32. The van der Waals surface area contributed by atoms with Crippen LogP contribution in [0.25, 0.3) is 0 Å². The van der Waals surface area contributed by atoms with Crippen molar-refractivity contribution < 1.29 is 9.53 Å². The summed E-state index contributed by atoms with van der Waals surface area (Å²) in [5.74, 6) is 0.510. The van der Waals surface area contributed by atoms with E-state index in [2.05, 4.69) is 36.0 Å². The number of ether oxygens (including phenoxy) is 1. The molecular weight excluding hydrogens is 294 g/mol. The Morgan fingerprint density at radius 1 is 1.69 bits per heavy atom.